The average Bonchev–Trinajstić information content (AvgIpc) is 3.40. The van der Waals surface area contributed by atoms with E-state index in [1.807, 2.05) is 18.2 Å². The number of aliphatic hydroxyl groups is 1. The smallest absolute Gasteiger partial charge is 0.251 e. The first-order valence-electron chi connectivity index (χ1n) is 12.3. The lowest BCUT2D eigenvalue weighted by atomic mass is 10.0. The quantitative estimate of drug-likeness (QED) is 0.257. The van der Waals surface area contributed by atoms with Crippen LogP contribution in [0.3, 0.4) is 0 Å². The summed E-state index contributed by atoms with van der Waals surface area (Å²) in [6, 6.07) is 17.4. The van der Waals surface area contributed by atoms with Gasteiger partial charge in [-0.25, -0.2) is 13.1 Å². The number of anilines is 1. The summed E-state index contributed by atoms with van der Waals surface area (Å²) in [6.45, 7) is 6.82. The Hall–Kier alpha value is -3.20. The first kappa shape index (κ1) is 26.9. The summed E-state index contributed by atoms with van der Waals surface area (Å²) in [5.41, 5.74) is 2.13. The lowest BCUT2D eigenvalue weighted by Crippen LogP contribution is -2.38. The van der Waals surface area contributed by atoms with E-state index < -0.39 is 14.9 Å². The van der Waals surface area contributed by atoms with Gasteiger partial charge in [0.05, 0.1) is 13.2 Å². The van der Waals surface area contributed by atoms with Crippen LogP contribution in [0.4, 0.5) is 5.69 Å². The van der Waals surface area contributed by atoms with E-state index in [0.29, 0.717) is 11.5 Å². The molecule has 9 nitrogen and oxygen atoms in total. The molecule has 10 heteroatoms. The van der Waals surface area contributed by atoms with Gasteiger partial charge in [-0.15, -0.1) is 0 Å². The molecule has 196 valence electrons. The summed E-state index contributed by atoms with van der Waals surface area (Å²) in [5, 5.41) is 24.0. The summed E-state index contributed by atoms with van der Waals surface area (Å²) >= 11 is 0. The molecule has 37 heavy (non-hydrogen) atoms. The third kappa shape index (κ3) is 6.77. The van der Waals surface area contributed by atoms with Crippen molar-refractivity contribution in [2.24, 2.45) is 0 Å². The van der Waals surface area contributed by atoms with Gasteiger partial charge >= 0.3 is 0 Å². The molecule has 4 rings (SSSR count). The third-order valence-electron chi connectivity index (χ3n) is 6.30. The number of furan rings is 1. The van der Waals surface area contributed by atoms with Crippen molar-refractivity contribution in [1.29, 1.82) is 5.26 Å². The average molecular weight is 525 g/mol. The molecule has 2 heterocycles. The normalized spacial score (nSPS) is 15.4. The molecule has 0 spiro atoms. The van der Waals surface area contributed by atoms with E-state index >= 15 is 0 Å². The summed E-state index contributed by atoms with van der Waals surface area (Å²) < 4.78 is 38.7. The van der Waals surface area contributed by atoms with E-state index in [-0.39, 0.29) is 25.1 Å². The molecule has 0 amide bonds. The Kier molecular flexibility index (Phi) is 8.97. The predicted molar refractivity (Wildman–Crippen MR) is 144 cm³/mol. The van der Waals surface area contributed by atoms with Gasteiger partial charge in [0.15, 0.2) is 4.91 Å². The third-order valence-corrected chi connectivity index (χ3v) is 7.82. The van der Waals surface area contributed by atoms with Crippen LogP contribution in [0.1, 0.15) is 19.1 Å². The van der Waals surface area contributed by atoms with Crippen LogP contribution in [-0.2, 0) is 14.8 Å². The van der Waals surface area contributed by atoms with Crippen molar-refractivity contribution in [1.82, 2.24) is 9.62 Å². The second-order valence-electron chi connectivity index (χ2n) is 8.86. The van der Waals surface area contributed by atoms with Crippen molar-refractivity contribution in [3.05, 3.63) is 59.2 Å². The van der Waals surface area contributed by atoms with Crippen molar-refractivity contribution in [3.8, 4) is 17.4 Å². The molecule has 2 aromatic carbocycles. The molecule has 0 bridgehead atoms. The highest BCUT2D eigenvalue weighted by Crippen LogP contribution is 2.31. The summed E-state index contributed by atoms with van der Waals surface area (Å²) in [4.78, 5) is 1.99. The van der Waals surface area contributed by atoms with Gasteiger partial charge in [-0.2, -0.15) is 5.26 Å². The molecule has 0 aliphatic carbocycles. The number of morpholine rings is 1. The minimum absolute atomic E-state index is 0.0445. The van der Waals surface area contributed by atoms with Crippen molar-refractivity contribution in [3.63, 3.8) is 0 Å². The van der Waals surface area contributed by atoms with Crippen LogP contribution in [0, 0.1) is 11.3 Å². The maximum atomic E-state index is 12.5. The van der Waals surface area contributed by atoms with Gasteiger partial charge in [-0.05, 0) is 54.4 Å². The van der Waals surface area contributed by atoms with Gasteiger partial charge in [-0.1, -0.05) is 18.2 Å². The molecule has 3 aromatic rings. The molecule has 0 saturated carbocycles. The molecule has 1 aromatic heterocycles. The SMILES string of the molecule is C/C(=C(/C#N)S(=O)(=O)NCCCO)c1ccc(-c2ccc3cc(NCCN4CCOCC4)ccc3c2)o1. The Labute approximate surface area is 217 Å². The molecular formula is C27H32N4O5S. The number of fused-ring (bicyclic) bond motifs is 1. The minimum Gasteiger partial charge on any atom is -0.456 e. The van der Waals surface area contributed by atoms with Gasteiger partial charge in [0, 0.05) is 56.2 Å². The highest BCUT2D eigenvalue weighted by Gasteiger charge is 2.22. The lowest BCUT2D eigenvalue weighted by Gasteiger charge is -2.26. The monoisotopic (exact) mass is 524 g/mol. The van der Waals surface area contributed by atoms with Gasteiger partial charge in [0.2, 0.25) is 0 Å². The number of hydrogen-bond donors (Lipinski definition) is 3. The molecule has 0 atom stereocenters. The minimum atomic E-state index is -4.01. The highest BCUT2D eigenvalue weighted by atomic mass is 32.2. The number of rotatable bonds is 11. The Morgan fingerprint density at radius 1 is 1.08 bits per heavy atom. The maximum Gasteiger partial charge on any atom is 0.251 e. The lowest BCUT2D eigenvalue weighted by molar-refractivity contribution is 0.0398. The molecule has 1 aliphatic heterocycles. The van der Waals surface area contributed by atoms with E-state index in [4.69, 9.17) is 14.3 Å². The molecule has 3 N–H and O–H groups in total. The number of sulfonamides is 1. The van der Waals surface area contributed by atoms with Crippen LogP contribution in [0.2, 0.25) is 0 Å². The van der Waals surface area contributed by atoms with Crippen LogP contribution in [0.15, 0.2) is 57.9 Å². The maximum absolute atomic E-state index is 12.5. The van der Waals surface area contributed by atoms with Crippen LogP contribution < -0.4 is 10.0 Å². The van der Waals surface area contributed by atoms with Crippen molar-refractivity contribution in [2.75, 3.05) is 57.9 Å². The zero-order chi connectivity index (χ0) is 26.3. The molecule has 1 saturated heterocycles. The Morgan fingerprint density at radius 3 is 2.59 bits per heavy atom. The number of nitriles is 1. The largest absolute Gasteiger partial charge is 0.456 e. The summed E-state index contributed by atoms with van der Waals surface area (Å²) in [5.74, 6) is 0.880. The Morgan fingerprint density at radius 2 is 1.84 bits per heavy atom. The van der Waals surface area contributed by atoms with E-state index in [1.54, 1.807) is 25.1 Å². The first-order valence-corrected chi connectivity index (χ1v) is 13.8. The molecule has 1 aliphatic rings. The fourth-order valence-corrected chi connectivity index (χ4v) is 5.38. The van der Waals surface area contributed by atoms with E-state index in [1.165, 1.54) is 0 Å². The van der Waals surface area contributed by atoms with Gasteiger partial charge < -0.3 is 19.6 Å². The second-order valence-corrected chi connectivity index (χ2v) is 10.6. The topological polar surface area (TPSA) is 128 Å². The Balaban J connectivity index is 1.47. The van der Waals surface area contributed by atoms with E-state index in [0.717, 1.165) is 61.4 Å². The summed E-state index contributed by atoms with van der Waals surface area (Å²) in [6.07, 6.45) is 0.260. The first-order chi connectivity index (χ1) is 17.9. The number of benzene rings is 2. The highest BCUT2D eigenvalue weighted by molar-refractivity contribution is 7.93. The van der Waals surface area contributed by atoms with E-state index in [2.05, 4.69) is 33.1 Å². The number of ether oxygens (including phenoxy) is 1. The number of nitrogens with zero attached hydrogens (tertiary/aromatic N) is 2. The van der Waals surface area contributed by atoms with E-state index in [9.17, 15) is 13.7 Å². The molecule has 0 radical (unpaired) electrons. The van der Waals surface area contributed by atoms with Crippen LogP contribution in [-0.4, -0.2) is 71.0 Å². The zero-order valence-corrected chi connectivity index (χ0v) is 21.7. The summed E-state index contributed by atoms with van der Waals surface area (Å²) in [7, 11) is -4.01. The predicted octanol–water partition coefficient (Wildman–Crippen LogP) is 3.40. The Bertz CT molecular complexity index is 1400. The number of hydrogen-bond acceptors (Lipinski definition) is 8. The molecule has 1 fully saturated rings. The van der Waals surface area contributed by atoms with Crippen molar-refractivity contribution in [2.45, 2.75) is 13.3 Å². The van der Waals surface area contributed by atoms with Crippen LogP contribution in [0.5, 0.6) is 0 Å². The zero-order valence-electron chi connectivity index (χ0n) is 20.9. The fourth-order valence-electron chi connectivity index (χ4n) is 4.20. The van der Waals surface area contributed by atoms with Gasteiger partial charge in [0.25, 0.3) is 10.0 Å². The second kappa shape index (κ2) is 12.4. The molecular weight excluding hydrogens is 492 g/mol. The number of nitrogens with one attached hydrogen (secondary N) is 2. The van der Waals surface area contributed by atoms with Gasteiger partial charge in [-0.3, -0.25) is 4.90 Å². The number of aliphatic hydroxyl groups excluding tert-OH is 1. The fraction of sp³-hybridized carbons (Fsp3) is 0.370. The van der Waals surface area contributed by atoms with Gasteiger partial charge in [0.1, 0.15) is 17.6 Å². The standard InChI is InChI=1S/C27H32N4O5S/c1-20(27(19-28)37(33,34)30-9-2-14-32)25-7-8-26(36-25)23-4-3-22-18-24(6-5-21(22)17-23)29-10-11-31-12-15-35-16-13-31/h3-8,17-18,29-30,32H,2,9-16H2,1H3/b27-20+. The van der Waals surface area contributed by atoms with Crippen molar-refractivity contribution >= 4 is 32.1 Å². The van der Waals surface area contributed by atoms with Crippen LogP contribution in [0.25, 0.3) is 27.7 Å². The molecule has 0 unspecified atom stereocenters. The van der Waals surface area contributed by atoms with Crippen molar-refractivity contribution < 1.29 is 22.7 Å². The van der Waals surface area contributed by atoms with Crippen LogP contribution >= 0.6 is 0 Å². The number of allylic oxidation sites excluding steroid dienone is 2.